The van der Waals surface area contributed by atoms with Gasteiger partial charge in [0.2, 0.25) is 5.88 Å². The van der Waals surface area contributed by atoms with Crippen LogP contribution in [-0.2, 0) is 21.9 Å². The smallest absolute Gasteiger partial charge is 0.231 e. The summed E-state index contributed by atoms with van der Waals surface area (Å²) in [6.45, 7) is 1.09. The fourth-order valence-corrected chi connectivity index (χ4v) is 5.65. The molecule has 2 heterocycles. The van der Waals surface area contributed by atoms with E-state index in [2.05, 4.69) is 0 Å². The molecule has 33 heavy (non-hydrogen) atoms. The van der Waals surface area contributed by atoms with Crippen molar-refractivity contribution in [2.45, 2.75) is 29.7 Å². The maximum atomic E-state index is 13.3. The van der Waals surface area contributed by atoms with Gasteiger partial charge in [-0.05, 0) is 29.5 Å². The Balaban J connectivity index is 1.97. The van der Waals surface area contributed by atoms with E-state index in [0.29, 0.717) is 24.7 Å². The van der Waals surface area contributed by atoms with Gasteiger partial charge in [-0.3, -0.25) is 0 Å². The minimum absolute atomic E-state index is 0.168. The molecule has 5 rings (SSSR count). The summed E-state index contributed by atoms with van der Waals surface area (Å²) < 4.78 is 29.5. The molecule has 1 aliphatic heterocycles. The molecular formula is C26H26N4O2S. The van der Waals surface area contributed by atoms with Gasteiger partial charge in [-0.25, -0.2) is 18.8 Å². The number of hydrogen-bond donors (Lipinski definition) is 2. The lowest BCUT2D eigenvalue weighted by Gasteiger charge is -2.35. The zero-order valence-corrected chi connectivity index (χ0v) is 19.0. The van der Waals surface area contributed by atoms with E-state index >= 15 is 0 Å². The number of ether oxygens (including phenoxy) is 1. The summed E-state index contributed by atoms with van der Waals surface area (Å²) in [7, 11) is -3.66. The Bertz CT molecular complexity index is 1260. The molecule has 0 amide bonds. The van der Waals surface area contributed by atoms with E-state index in [-0.39, 0.29) is 4.90 Å². The highest BCUT2D eigenvalue weighted by molar-refractivity contribution is 7.90. The number of hydrogen-bond acceptors (Lipinski definition) is 4. The second kappa shape index (κ2) is 8.50. The Hall–Kier alpha value is -3.42. The summed E-state index contributed by atoms with van der Waals surface area (Å²) >= 11 is 0. The highest BCUT2D eigenvalue weighted by Crippen LogP contribution is 2.48. The lowest BCUT2D eigenvalue weighted by molar-refractivity contribution is 0.296. The van der Waals surface area contributed by atoms with Crippen LogP contribution in [0.1, 0.15) is 35.2 Å². The van der Waals surface area contributed by atoms with Crippen LogP contribution >= 0.6 is 0 Å². The standard InChI is InChI=1S/C26H26N4O2S/c27-33(28,31)23-24(29-30-18-10-11-19-32-25(23)30)26(20-12-4-1-5-13-20,21-14-6-2-7-15-21)22-16-8-3-9-17-22/h1-9,12-17H,10-11,18-19H2,(H3,27,28,31). The van der Waals surface area contributed by atoms with Gasteiger partial charge >= 0.3 is 0 Å². The van der Waals surface area contributed by atoms with Crippen molar-refractivity contribution in [1.82, 2.24) is 9.78 Å². The highest BCUT2D eigenvalue weighted by Gasteiger charge is 2.45. The van der Waals surface area contributed by atoms with Gasteiger partial charge in [-0.1, -0.05) is 91.0 Å². The number of nitrogens with zero attached hydrogens (tertiary/aromatic N) is 2. The monoisotopic (exact) mass is 458 g/mol. The van der Waals surface area contributed by atoms with Crippen molar-refractivity contribution in [2.24, 2.45) is 5.14 Å². The van der Waals surface area contributed by atoms with Crippen LogP contribution in [0.25, 0.3) is 0 Å². The number of fused-ring (bicyclic) bond motifs is 1. The van der Waals surface area contributed by atoms with Crippen LogP contribution in [0.2, 0.25) is 0 Å². The summed E-state index contributed by atoms with van der Waals surface area (Å²) in [6.07, 6.45) is 1.75. The molecular weight excluding hydrogens is 432 g/mol. The average Bonchev–Trinajstić information content (AvgIpc) is 3.06. The first kappa shape index (κ1) is 21.4. The van der Waals surface area contributed by atoms with Crippen molar-refractivity contribution in [3.8, 4) is 5.88 Å². The fraction of sp³-hybridized carbons (Fsp3) is 0.192. The summed E-state index contributed by atoms with van der Waals surface area (Å²) in [5, 5.41) is 11.1. The molecule has 3 N–H and O–H groups in total. The van der Waals surface area contributed by atoms with Crippen LogP contribution < -0.4 is 9.88 Å². The predicted octanol–water partition coefficient (Wildman–Crippen LogP) is 4.72. The van der Waals surface area contributed by atoms with Crippen LogP contribution in [0.15, 0.2) is 95.9 Å². The molecule has 1 unspecified atom stereocenters. The second-order valence-electron chi connectivity index (χ2n) is 8.21. The molecule has 0 radical (unpaired) electrons. The van der Waals surface area contributed by atoms with Crippen LogP contribution in [0.3, 0.4) is 0 Å². The van der Waals surface area contributed by atoms with Gasteiger partial charge in [0.05, 0.1) is 12.0 Å². The van der Waals surface area contributed by atoms with E-state index in [0.717, 1.165) is 29.5 Å². The fourth-order valence-electron chi connectivity index (χ4n) is 4.75. The minimum Gasteiger partial charge on any atom is -0.477 e. The zero-order valence-electron chi connectivity index (χ0n) is 18.2. The van der Waals surface area contributed by atoms with E-state index < -0.39 is 15.3 Å². The molecule has 168 valence electrons. The normalized spacial score (nSPS) is 15.7. The average molecular weight is 459 g/mol. The van der Waals surface area contributed by atoms with E-state index in [1.165, 1.54) is 0 Å². The second-order valence-corrected chi connectivity index (χ2v) is 9.82. The molecule has 1 aromatic heterocycles. The molecule has 1 aliphatic rings. The number of rotatable bonds is 5. The number of nitrogens with two attached hydrogens (primary N) is 1. The molecule has 4 aromatic rings. The van der Waals surface area contributed by atoms with Crippen LogP contribution in [0, 0.1) is 4.78 Å². The summed E-state index contributed by atoms with van der Waals surface area (Å²) in [5.41, 5.74) is 2.37. The first-order valence-electron chi connectivity index (χ1n) is 11.0. The Kier molecular flexibility index (Phi) is 5.52. The van der Waals surface area contributed by atoms with Crippen molar-refractivity contribution >= 4 is 9.92 Å². The summed E-state index contributed by atoms with van der Waals surface area (Å²) in [6, 6.07) is 30.0. The number of aryl methyl sites for hydroxylation is 1. The molecule has 0 aliphatic carbocycles. The van der Waals surface area contributed by atoms with E-state index in [9.17, 15) is 4.21 Å². The van der Waals surface area contributed by atoms with Gasteiger partial charge in [-0.15, -0.1) is 0 Å². The quantitative estimate of drug-likeness (QED) is 0.424. The first-order valence-corrected chi connectivity index (χ1v) is 12.6. The van der Waals surface area contributed by atoms with Crippen LogP contribution in [0.4, 0.5) is 0 Å². The maximum Gasteiger partial charge on any atom is 0.231 e. The molecule has 1 atom stereocenters. The van der Waals surface area contributed by atoms with Gasteiger partial charge in [-0.2, -0.15) is 5.10 Å². The molecule has 0 bridgehead atoms. The summed E-state index contributed by atoms with van der Waals surface area (Å²) in [5.74, 6) is 0.345. The van der Waals surface area contributed by atoms with E-state index in [1.54, 1.807) is 4.68 Å². The molecule has 0 fully saturated rings. The Labute approximate surface area is 194 Å². The zero-order chi connectivity index (χ0) is 22.9. The first-order chi connectivity index (χ1) is 16.0. The molecule has 6 nitrogen and oxygen atoms in total. The predicted molar refractivity (Wildman–Crippen MR) is 129 cm³/mol. The molecule has 7 heteroatoms. The lowest BCUT2D eigenvalue weighted by atomic mass is 9.67. The van der Waals surface area contributed by atoms with Crippen molar-refractivity contribution < 1.29 is 8.95 Å². The van der Waals surface area contributed by atoms with Gasteiger partial charge in [0.25, 0.3) is 0 Å². The van der Waals surface area contributed by atoms with Crippen molar-refractivity contribution in [2.75, 3.05) is 6.61 Å². The SMILES string of the molecule is N=S(N)(=O)c1c(C(c2ccccc2)(c2ccccc2)c2ccccc2)nn2c1OCCCC2. The lowest BCUT2D eigenvalue weighted by Crippen LogP contribution is -2.34. The third kappa shape index (κ3) is 3.63. The third-order valence-corrected chi connectivity index (χ3v) is 7.12. The van der Waals surface area contributed by atoms with Crippen molar-refractivity contribution in [1.29, 1.82) is 4.78 Å². The number of benzene rings is 3. The Morgan fingerprint density at radius 1 is 0.848 bits per heavy atom. The molecule has 0 spiro atoms. The van der Waals surface area contributed by atoms with Crippen molar-refractivity contribution in [3.63, 3.8) is 0 Å². The van der Waals surface area contributed by atoms with Gasteiger partial charge < -0.3 is 4.74 Å². The number of aromatic nitrogens is 2. The topological polar surface area (TPSA) is 94.0 Å². The van der Waals surface area contributed by atoms with Crippen LogP contribution in [0.5, 0.6) is 5.88 Å². The summed E-state index contributed by atoms with van der Waals surface area (Å²) in [4.78, 5) is 0.168. The Morgan fingerprint density at radius 3 is 1.79 bits per heavy atom. The largest absolute Gasteiger partial charge is 0.477 e. The van der Waals surface area contributed by atoms with Gasteiger partial charge in [0, 0.05) is 6.54 Å². The molecule has 3 aromatic carbocycles. The number of nitrogens with one attached hydrogen (secondary N) is 1. The van der Waals surface area contributed by atoms with Gasteiger partial charge in [0.15, 0.2) is 0 Å². The minimum atomic E-state index is -3.66. The highest BCUT2D eigenvalue weighted by atomic mass is 32.2. The van der Waals surface area contributed by atoms with Crippen molar-refractivity contribution in [3.05, 3.63) is 113 Å². The van der Waals surface area contributed by atoms with Crippen LogP contribution in [-0.4, -0.2) is 20.6 Å². The molecule has 0 saturated heterocycles. The third-order valence-electron chi connectivity index (χ3n) is 6.15. The van der Waals surface area contributed by atoms with E-state index in [4.69, 9.17) is 19.8 Å². The van der Waals surface area contributed by atoms with Gasteiger partial charge in [0.1, 0.15) is 20.5 Å². The molecule has 0 saturated carbocycles. The maximum absolute atomic E-state index is 13.3. The van der Waals surface area contributed by atoms with E-state index in [1.807, 2.05) is 91.0 Å². The Morgan fingerprint density at radius 2 is 1.33 bits per heavy atom.